The number of anilines is 3. The maximum atomic E-state index is 2.39. The first-order chi connectivity index (χ1) is 27.3. The lowest BCUT2D eigenvalue weighted by molar-refractivity contribution is 1.18. The third kappa shape index (κ3) is 5.32. The number of aromatic nitrogens is 1. The zero-order chi connectivity index (χ0) is 36.3. The SMILES string of the molecule is c1ccc(-c2ccc(N(c3ccc(-c4cccc5sc6cc7ccccc7cc6c45)cc3)c3ccc4c5ccccc5n(-c5ccccc5)c4c3)cc2)cc1. The van der Waals surface area contributed by atoms with Crippen molar-refractivity contribution in [2.24, 2.45) is 0 Å². The molecule has 0 saturated heterocycles. The van der Waals surface area contributed by atoms with Crippen molar-refractivity contribution < 1.29 is 0 Å². The summed E-state index contributed by atoms with van der Waals surface area (Å²) in [6.07, 6.45) is 0. The molecule has 3 heteroatoms. The van der Waals surface area contributed by atoms with Gasteiger partial charge in [-0.3, -0.25) is 0 Å². The maximum Gasteiger partial charge on any atom is 0.0561 e. The normalized spacial score (nSPS) is 11.6. The van der Waals surface area contributed by atoms with E-state index in [4.69, 9.17) is 0 Å². The monoisotopic (exact) mass is 718 g/mol. The third-order valence-corrected chi connectivity index (χ3v) is 12.1. The summed E-state index contributed by atoms with van der Waals surface area (Å²) in [5, 5.41) is 7.69. The fourth-order valence-electron chi connectivity index (χ4n) is 8.38. The highest BCUT2D eigenvalue weighted by Crippen LogP contribution is 2.44. The standard InChI is InChI=1S/C52H34N2S/c1-3-12-35(13-4-1)36-22-26-41(27-23-36)53(43-30-31-46-45-18-9-10-20-48(45)54(49(46)34-43)40-16-5-2-6-17-40)42-28-24-37(25-29-42)44-19-11-21-50-52(44)47-32-38-14-7-8-15-39(38)33-51(47)55-50/h1-34H. The Hall–Kier alpha value is -6.94. The zero-order valence-electron chi connectivity index (χ0n) is 29.9. The van der Waals surface area contributed by atoms with Crippen LogP contribution in [0, 0.1) is 0 Å². The molecule has 11 rings (SSSR count). The number of fused-ring (bicyclic) bond motifs is 7. The lowest BCUT2D eigenvalue weighted by atomic mass is 9.98. The first-order valence-electron chi connectivity index (χ1n) is 18.8. The molecule has 0 aliphatic heterocycles. The van der Waals surface area contributed by atoms with Gasteiger partial charge in [-0.05, 0) is 106 Å². The molecule has 258 valence electrons. The van der Waals surface area contributed by atoms with Gasteiger partial charge in [0.15, 0.2) is 0 Å². The van der Waals surface area contributed by atoms with Crippen molar-refractivity contribution in [2.75, 3.05) is 4.90 Å². The predicted molar refractivity (Wildman–Crippen MR) is 237 cm³/mol. The smallest absolute Gasteiger partial charge is 0.0561 e. The Bertz CT molecular complexity index is 3180. The molecule has 9 aromatic carbocycles. The van der Waals surface area contributed by atoms with Crippen LogP contribution in [0.3, 0.4) is 0 Å². The number of hydrogen-bond acceptors (Lipinski definition) is 2. The Kier molecular flexibility index (Phi) is 7.39. The van der Waals surface area contributed by atoms with Crippen LogP contribution in [0.4, 0.5) is 17.1 Å². The summed E-state index contributed by atoms with van der Waals surface area (Å²) in [7, 11) is 0. The number of nitrogens with zero attached hydrogens (tertiary/aromatic N) is 2. The highest BCUT2D eigenvalue weighted by atomic mass is 32.1. The highest BCUT2D eigenvalue weighted by Gasteiger charge is 2.19. The number of benzene rings is 9. The van der Waals surface area contributed by atoms with E-state index in [1.165, 1.54) is 75.0 Å². The summed E-state index contributed by atoms with van der Waals surface area (Å²) in [5.74, 6) is 0. The fourth-order valence-corrected chi connectivity index (χ4v) is 9.54. The Morgan fingerprint density at radius 1 is 0.364 bits per heavy atom. The molecule has 55 heavy (non-hydrogen) atoms. The number of para-hydroxylation sites is 2. The van der Waals surface area contributed by atoms with Crippen molar-refractivity contribution in [1.82, 2.24) is 4.57 Å². The molecular weight excluding hydrogens is 685 g/mol. The minimum Gasteiger partial charge on any atom is -0.310 e. The van der Waals surface area contributed by atoms with Gasteiger partial charge in [-0.1, -0.05) is 133 Å². The van der Waals surface area contributed by atoms with Crippen molar-refractivity contribution in [2.45, 2.75) is 0 Å². The summed E-state index contributed by atoms with van der Waals surface area (Å²) in [6.45, 7) is 0. The quantitative estimate of drug-likeness (QED) is 0.166. The summed E-state index contributed by atoms with van der Waals surface area (Å²) in [4.78, 5) is 2.39. The molecule has 2 nitrogen and oxygen atoms in total. The molecular formula is C52H34N2S. The Morgan fingerprint density at radius 2 is 0.964 bits per heavy atom. The Morgan fingerprint density at radius 3 is 1.73 bits per heavy atom. The van der Waals surface area contributed by atoms with Crippen LogP contribution >= 0.6 is 11.3 Å². The van der Waals surface area contributed by atoms with E-state index in [2.05, 4.69) is 216 Å². The van der Waals surface area contributed by atoms with Gasteiger partial charge >= 0.3 is 0 Å². The molecule has 0 atom stereocenters. The first kappa shape index (κ1) is 31.6. The van der Waals surface area contributed by atoms with Gasteiger partial charge in [0.1, 0.15) is 0 Å². The minimum absolute atomic E-state index is 1.10. The number of thiophene rings is 1. The van der Waals surface area contributed by atoms with E-state index >= 15 is 0 Å². The largest absolute Gasteiger partial charge is 0.310 e. The summed E-state index contributed by atoms with van der Waals surface area (Å²) < 4.78 is 5.03. The molecule has 0 N–H and O–H groups in total. The van der Waals surface area contributed by atoms with E-state index in [1.54, 1.807) is 0 Å². The van der Waals surface area contributed by atoms with Gasteiger partial charge in [0.05, 0.1) is 11.0 Å². The van der Waals surface area contributed by atoms with E-state index < -0.39 is 0 Å². The van der Waals surface area contributed by atoms with Gasteiger partial charge in [-0.15, -0.1) is 11.3 Å². The van der Waals surface area contributed by atoms with Crippen molar-refractivity contribution in [1.29, 1.82) is 0 Å². The lowest BCUT2D eigenvalue weighted by Crippen LogP contribution is -2.10. The van der Waals surface area contributed by atoms with Crippen LogP contribution in [0.2, 0.25) is 0 Å². The number of rotatable bonds is 6. The first-order valence-corrected chi connectivity index (χ1v) is 19.6. The second-order valence-electron chi connectivity index (χ2n) is 14.2. The topological polar surface area (TPSA) is 8.17 Å². The van der Waals surface area contributed by atoms with Gasteiger partial charge in [-0.25, -0.2) is 0 Å². The van der Waals surface area contributed by atoms with Gasteiger partial charge in [0, 0.05) is 53.7 Å². The molecule has 2 aromatic heterocycles. The van der Waals surface area contributed by atoms with E-state index in [1.807, 2.05) is 11.3 Å². The predicted octanol–water partition coefficient (Wildman–Crippen LogP) is 15.1. The van der Waals surface area contributed by atoms with Crippen molar-refractivity contribution in [3.63, 3.8) is 0 Å². The third-order valence-electron chi connectivity index (χ3n) is 11.0. The second kappa shape index (κ2) is 12.9. The highest BCUT2D eigenvalue weighted by molar-refractivity contribution is 7.26. The van der Waals surface area contributed by atoms with Crippen LogP contribution in [0.1, 0.15) is 0 Å². The molecule has 11 aromatic rings. The van der Waals surface area contributed by atoms with Gasteiger partial charge in [0.2, 0.25) is 0 Å². The summed E-state index contributed by atoms with van der Waals surface area (Å²) >= 11 is 1.88. The van der Waals surface area contributed by atoms with Crippen LogP contribution in [-0.4, -0.2) is 4.57 Å². The molecule has 0 aliphatic carbocycles. The molecule has 2 heterocycles. The van der Waals surface area contributed by atoms with E-state index in [0.29, 0.717) is 0 Å². The Labute approximate surface area is 323 Å². The summed E-state index contributed by atoms with van der Waals surface area (Å²) in [5.41, 5.74) is 11.7. The molecule has 0 unspecified atom stereocenters. The molecule has 0 fully saturated rings. The average molecular weight is 719 g/mol. The Balaban J connectivity index is 1.07. The maximum absolute atomic E-state index is 2.39. The van der Waals surface area contributed by atoms with E-state index in [-0.39, 0.29) is 0 Å². The minimum atomic E-state index is 1.10. The molecule has 0 amide bonds. The van der Waals surface area contributed by atoms with Gasteiger partial charge in [0.25, 0.3) is 0 Å². The van der Waals surface area contributed by atoms with E-state index in [9.17, 15) is 0 Å². The van der Waals surface area contributed by atoms with Crippen molar-refractivity contribution >= 4 is 81.1 Å². The number of hydrogen-bond donors (Lipinski definition) is 0. The zero-order valence-corrected chi connectivity index (χ0v) is 30.7. The van der Waals surface area contributed by atoms with Crippen molar-refractivity contribution in [3.05, 3.63) is 206 Å². The van der Waals surface area contributed by atoms with Gasteiger partial charge < -0.3 is 9.47 Å². The van der Waals surface area contributed by atoms with Crippen LogP contribution in [0.25, 0.3) is 80.7 Å². The molecule has 0 aliphatic rings. The molecule has 0 radical (unpaired) electrons. The lowest BCUT2D eigenvalue weighted by Gasteiger charge is -2.26. The summed E-state index contributed by atoms with van der Waals surface area (Å²) in [6, 6.07) is 75.1. The van der Waals surface area contributed by atoms with E-state index in [0.717, 1.165) is 22.7 Å². The second-order valence-corrected chi connectivity index (χ2v) is 15.2. The molecule has 0 bridgehead atoms. The van der Waals surface area contributed by atoms with Crippen LogP contribution in [-0.2, 0) is 0 Å². The molecule has 0 saturated carbocycles. The average Bonchev–Trinajstić information content (AvgIpc) is 3.79. The van der Waals surface area contributed by atoms with Crippen LogP contribution in [0.15, 0.2) is 206 Å². The van der Waals surface area contributed by atoms with Crippen LogP contribution < -0.4 is 4.90 Å². The molecule has 0 spiro atoms. The van der Waals surface area contributed by atoms with Gasteiger partial charge in [-0.2, -0.15) is 0 Å². The van der Waals surface area contributed by atoms with Crippen LogP contribution in [0.5, 0.6) is 0 Å². The van der Waals surface area contributed by atoms with Crippen molar-refractivity contribution in [3.8, 4) is 27.9 Å². The fraction of sp³-hybridized carbons (Fsp3) is 0.